The maximum absolute atomic E-state index is 11.2. The third kappa shape index (κ3) is 4.16. The Bertz CT molecular complexity index is 480. The molecule has 1 aromatic rings. The van der Waals surface area contributed by atoms with Crippen LogP contribution in [0.4, 0.5) is 0 Å². The number of halogens is 1. The first kappa shape index (κ1) is 14.3. The van der Waals surface area contributed by atoms with E-state index in [1.807, 2.05) is 17.6 Å². The van der Waals surface area contributed by atoms with Crippen molar-refractivity contribution in [2.75, 3.05) is 0 Å². The lowest BCUT2D eigenvalue weighted by molar-refractivity contribution is 0.605. The van der Waals surface area contributed by atoms with E-state index in [9.17, 15) is 8.42 Å². The third-order valence-corrected chi connectivity index (χ3v) is 3.54. The lowest BCUT2D eigenvalue weighted by Crippen LogP contribution is -2.02. The number of allylic oxidation sites excluding steroid dienone is 1. The van der Waals surface area contributed by atoms with Gasteiger partial charge in [-0.25, -0.2) is 13.4 Å². The molecule has 0 aromatic carbocycles. The van der Waals surface area contributed by atoms with Crippen molar-refractivity contribution in [1.82, 2.24) is 9.55 Å². The first-order valence-corrected chi connectivity index (χ1v) is 7.91. The summed E-state index contributed by atoms with van der Waals surface area (Å²) in [6.45, 7) is 6.42. The molecule has 0 saturated carbocycles. The number of hydrogen-bond acceptors (Lipinski definition) is 3. The van der Waals surface area contributed by atoms with E-state index in [2.05, 4.69) is 11.6 Å². The van der Waals surface area contributed by atoms with Crippen LogP contribution in [-0.4, -0.2) is 18.0 Å². The molecule has 0 aliphatic rings. The number of unbranched alkanes of at least 4 members (excludes halogenated alkanes) is 1. The average Bonchev–Trinajstić information content (AvgIpc) is 2.62. The molecular weight excluding hydrogens is 260 g/mol. The van der Waals surface area contributed by atoms with Crippen LogP contribution in [0.2, 0.25) is 0 Å². The largest absolute Gasteiger partial charge is 0.333 e. The highest BCUT2D eigenvalue weighted by Gasteiger charge is 2.17. The Hall–Kier alpha value is -0.810. The van der Waals surface area contributed by atoms with Crippen LogP contribution >= 0.6 is 10.7 Å². The molecule has 0 bridgehead atoms. The molecule has 0 aliphatic heterocycles. The SMILES string of the molecule is C=CCCCn1cc(S(=O)(=O)Cl)nc1CCC. The molecule has 1 aromatic heterocycles. The van der Waals surface area contributed by atoms with E-state index in [0.717, 1.165) is 38.1 Å². The van der Waals surface area contributed by atoms with E-state index in [0.29, 0.717) is 0 Å². The fourth-order valence-corrected chi connectivity index (χ4v) is 2.26. The van der Waals surface area contributed by atoms with Crippen LogP contribution in [0.3, 0.4) is 0 Å². The van der Waals surface area contributed by atoms with Crippen LogP contribution < -0.4 is 0 Å². The predicted octanol–water partition coefficient (Wildman–Crippen LogP) is 2.73. The van der Waals surface area contributed by atoms with Crippen molar-refractivity contribution >= 4 is 19.7 Å². The summed E-state index contributed by atoms with van der Waals surface area (Å²) in [7, 11) is 1.55. The van der Waals surface area contributed by atoms with Crippen LogP contribution in [-0.2, 0) is 22.0 Å². The van der Waals surface area contributed by atoms with Crippen LogP contribution in [0.5, 0.6) is 0 Å². The number of nitrogens with zero attached hydrogens (tertiary/aromatic N) is 2. The van der Waals surface area contributed by atoms with Gasteiger partial charge in [0.25, 0.3) is 9.05 Å². The minimum absolute atomic E-state index is 0.0544. The van der Waals surface area contributed by atoms with Crippen molar-refractivity contribution in [2.45, 2.75) is 44.2 Å². The minimum Gasteiger partial charge on any atom is -0.333 e. The standard InChI is InChI=1S/C11H17ClN2O2S/c1-3-5-6-8-14-9-11(17(12,15)16)13-10(14)7-4-2/h3,9H,1,4-8H2,2H3. The van der Waals surface area contributed by atoms with Gasteiger partial charge in [0.15, 0.2) is 5.03 Å². The highest BCUT2D eigenvalue weighted by Crippen LogP contribution is 2.16. The van der Waals surface area contributed by atoms with Crippen molar-refractivity contribution in [3.8, 4) is 0 Å². The summed E-state index contributed by atoms with van der Waals surface area (Å²) in [4.78, 5) is 4.07. The molecule has 4 nitrogen and oxygen atoms in total. The molecule has 1 heterocycles. The number of imidazole rings is 1. The summed E-state index contributed by atoms with van der Waals surface area (Å²) in [5.41, 5.74) is 0. The Balaban J connectivity index is 2.92. The van der Waals surface area contributed by atoms with Crippen LogP contribution in [0.1, 0.15) is 32.0 Å². The van der Waals surface area contributed by atoms with E-state index in [-0.39, 0.29) is 5.03 Å². The molecule has 0 saturated heterocycles. The summed E-state index contributed by atoms with van der Waals surface area (Å²) < 4.78 is 24.3. The molecule has 0 unspecified atom stereocenters. The number of hydrogen-bond donors (Lipinski definition) is 0. The molecule has 0 amide bonds. The lowest BCUT2D eigenvalue weighted by Gasteiger charge is -2.04. The van der Waals surface area contributed by atoms with E-state index in [1.54, 1.807) is 0 Å². The number of rotatable bonds is 7. The summed E-state index contributed by atoms with van der Waals surface area (Å²) in [5.74, 6) is 0.774. The van der Waals surface area contributed by atoms with Crippen molar-refractivity contribution in [1.29, 1.82) is 0 Å². The Kier molecular flexibility index (Phi) is 5.21. The molecule has 0 spiro atoms. The summed E-state index contributed by atoms with van der Waals surface area (Å²) >= 11 is 0. The molecule has 0 aliphatic carbocycles. The fourth-order valence-electron chi connectivity index (χ4n) is 1.57. The molecular formula is C11H17ClN2O2S. The second-order valence-corrected chi connectivity index (χ2v) is 6.32. The number of aromatic nitrogens is 2. The molecule has 1 rings (SSSR count). The van der Waals surface area contributed by atoms with E-state index in [1.165, 1.54) is 6.20 Å². The topological polar surface area (TPSA) is 52.0 Å². The fraction of sp³-hybridized carbons (Fsp3) is 0.545. The molecule has 6 heteroatoms. The Morgan fingerprint density at radius 2 is 2.29 bits per heavy atom. The minimum atomic E-state index is -3.73. The van der Waals surface area contributed by atoms with Gasteiger partial charge in [-0.05, 0) is 19.3 Å². The van der Waals surface area contributed by atoms with Gasteiger partial charge < -0.3 is 4.57 Å². The second kappa shape index (κ2) is 6.21. The molecule has 0 N–H and O–H groups in total. The maximum atomic E-state index is 11.2. The van der Waals surface area contributed by atoms with Crippen LogP contribution in [0.15, 0.2) is 23.9 Å². The Morgan fingerprint density at radius 1 is 1.59 bits per heavy atom. The predicted molar refractivity (Wildman–Crippen MR) is 68.7 cm³/mol. The summed E-state index contributed by atoms with van der Waals surface area (Å²) in [6.07, 6.45) is 6.83. The van der Waals surface area contributed by atoms with E-state index >= 15 is 0 Å². The maximum Gasteiger partial charge on any atom is 0.280 e. The van der Waals surface area contributed by atoms with Gasteiger partial charge in [0.1, 0.15) is 5.82 Å². The van der Waals surface area contributed by atoms with Gasteiger partial charge in [-0.1, -0.05) is 13.0 Å². The van der Waals surface area contributed by atoms with Gasteiger partial charge >= 0.3 is 0 Å². The monoisotopic (exact) mass is 276 g/mol. The van der Waals surface area contributed by atoms with Crippen molar-refractivity contribution in [2.24, 2.45) is 0 Å². The van der Waals surface area contributed by atoms with Gasteiger partial charge in [0.2, 0.25) is 0 Å². The van der Waals surface area contributed by atoms with Gasteiger partial charge in [0.05, 0.1) is 0 Å². The number of aryl methyl sites for hydroxylation is 2. The highest BCUT2D eigenvalue weighted by atomic mass is 35.7. The third-order valence-electron chi connectivity index (χ3n) is 2.37. The summed E-state index contributed by atoms with van der Waals surface area (Å²) in [5, 5.41) is -0.0544. The van der Waals surface area contributed by atoms with Crippen molar-refractivity contribution in [3.05, 3.63) is 24.7 Å². The van der Waals surface area contributed by atoms with Gasteiger partial charge in [-0.3, -0.25) is 0 Å². The van der Waals surface area contributed by atoms with E-state index in [4.69, 9.17) is 10.7 Å². The Labute approximate surface area is 107 Å². The quantitative estimate of drug-likeness (QED) is 0.437. The zero-order valence-corrected chi connectivity index (χ0v) is 11.5. The summed E-state index contributed by atoms with van der Waals surface area (Å²) in [6, 6.07) is 0. The second-order valence-electron chi connectivity index (χ2n) is 3.81. The first-order chi connectivity index (χ1) is 7.99. The van der Waals surface area contributed by atoms with Crippen LogP contribution in [0, 0.1) is 0 Å². The average molecular weight is 277 g/mol. The highest BCUT2D eigenvalue weighted by molar-refractivity contribution is 8.13. The molecule has 0 radical (unpaired) electrons. The van der Waals surface area contributed by atoms with Crippen molar-refractivity contribution in [3.63, 3.8) is 0 Å². The zero-order chi connectivity index (χ0) is 12.9. The van der Waals surface area contributed by atoms with Crippen molar-refractivity contribution < 1.29 is 8.42 Å². The molecule has 0 fully saturated rings. The molecule has 0 atom stereocenters. The first-order valence-electron chi connectivity index (χ1n) is 5.60. The zero-order valence-electron chi connectivity index (χ0n) is 9.89. The smallest absolute Gasteiger partial charge is 0.280 e. The van der Waals surface area contributed by atoms with E-state index < -0.39 is 9.05 Å². The van der Waals surface area contributed by atoms with Gasteiger partial charge in [-0.2, -0.15) is 0 Å². The molecule has 96 valence electrons. The van der Waals surface area contributed by atoms with Crippen LogP contribution in [0.25, 0.3) is 0 Å². The normalized spacial score (nSPS) is 11.6. The Morgan fingerprint density at radius 3 is 2.82 bits per heavy atom. The van der Waals surface area contributed by atoms with Gasteiger partial charge in [-0.15, -0.1) is 6.58 Å². The lowest BCUT2D eigenvalue weighted by atomic mass is 10.3. The molecule has 17 heavy (non-hydrogen) atoms. The van der Waals surface area contributed by atoms with Gasteiger partial charge in [0, 0.05) is 29.8 Å².